The Morgan fingerprint density at radius 3 is 2.42 bits per heavy atom. The molecule has 3 heteroatoms. The number of amides is 1. The summed E-state index contributed by atoms with van der Waals surface area (Å²) < 4.78 is 5.38. The Morgan fingerprint density at radius 1 is 1.05 bits per heavy atom. The molecule has 0 radical (unpaired) electrons. The highest BCUT2D eigenvalue weighted by Gasteiger charge is 2.39. The fourth-order valence-electron chi connectivity index (χ4n) is 2.52. The van der Waals surface area contributed by atoms with Crippen LogP contribution in [-0.2, 0) is 4.79 Å². The summed E-state index contributed by atoms with van der Waals surface area (Å²) >= 11 is 0. The first kappa shape index (κ1) is 11.8. The first-order chi connectivity index (χ1) is 9.31. The third kappa shape index (κ3) is 1.97. The molecule has 0 spiro atoms. The number of anilines is 1. The van der Waals surface area contributed by atoms with Crippen molar-refractivity contribution in [3.63, 3.8) is 0 Å². The van der Waals surface area contributed by atoms with E-state index >= 15 is 0 Å². The predicted octanol–water partition coefficient (Wildman–Crippen LogP) is 3.17. The highest BCUT2D eigenvalue weighted by atomic mass is 16.5. The molecule has 1 saturated heterocycles. The minimum absolute atomic E-state index is 0.0750. The summed E-state index contributed by atoms with van der Waals surface area (Å²) in [4.78, 5) is 13.7. The zero-order valence-corrected chi connectivity index (χ0v) is 10.7. The molecular formula is C16H15NO2. The van der Waals surface area contributed by atoms with Gasteiger partial charge in [0.2, 0.25) is 5.91 Å². The molecule has 1 unspecified atom stereocenters. The molecule has 0 aromatic heterocycles. The van der Waals surface area contributed by atoms with Gasteiger partial charge in [-0.25, -0.2) is 0 Å². The van der Waals surface area contributed by atoms with Crippen LogP contribution in [0.3, 0.4) is 0 Å². The van der Waals surface area contributed by atoms with E-state index in [1.807, 2.05) is 59.5 Å². The summed E-state index contributed by atoms with van der Waals surface area (Å²) in [6.45, 7) is 0. The number of rotatable bonds is 3. The minimum atomic E-state index is 0.0750. The van der Waals surface area contributed by atoms with Crippen molar-refractivity contribution in [3.05, 3.63) is 60.2 Å². The van der Waals surface area contributed by atoms with E-state index < -0.39 is 0 Å². The number of carbonyl (C=O) groups is 1. The number of para-hydroxylation sites is 2. The van der Waals surface area contributed by atoms with E-state index in [-0.39, 0.29) is 11.9 Å². The van der Waals surface area contributed by atoms with Crippen LogP contribution >= 0.6 is 0 Å². The molecule has 19 heavy (non-hydrogen) atoms. The molecule has 96 valence electrons. The Hall–Kier alpha value is -2.29. The highest BCUT2D eigenvalue weighted by molar-refractivity contribution is 6.01. The first-order valence-electron chi connectivity index (χ1n) is 6.31. The fourth-order valence-corrected chi connectivity index (χ4v) is 2.52. The van der Waals surface area contributed by atoms with Gasteiger partial charge in [0, 0.05) is 11.3 Å². The fraction of sp³-hybridized carbons (Fsp3) is 0.188. The standard InChI is InChI=1S/C16H15NO2/c1-19-15-10-6-5-9-13(15)14-11-16(18)17(14)12-7-3-2-4-8-12/h2-10,14H,11H2,1H3. The van der Waals surface area contributed by atoms with Gasteiger partial charge in [0.1, 0.15) is 5.75 Å². The number of hydrogen-bond acceptors (Lipinski definition) is 2. The average molecular weight is 253 g/mol. The number of hydrogen-bond donors (Lipinski definition) is 0. The Kier molecular flexibility index (Phi) is 2.95. The van der Waals surface area contributed by atoms with Crippen molar-refractivity contribution in [1.82, 2.24) is 0 Å². The Balaban J connectivity index is 1.96. The summed E-state index contributed by atoms with van der Waals surface area (Å²) in [5, 5.41) is 0. The number of methoxy groups -OCH3 is 1. The lowest BCUT2D eigenvalue weighted by molar-refractivity contribution is -0.124. The summed E-state index contributed by atoms with van der Waals surface area (Å²) in [6, 6.07) is 17.7. The van der Waals surface area contributed by atoms with E-state index in [2.05, 4.69) is 0 Å². The topological polar surface area (TPSA) is 29.5 Å². The molecule has 1 atom stereocenters. The van der Waals surface area contributed by atoms with Crippen LogP contribution in [0.5, 0.6) is 5.75 Å². The van der Waals surface area contributed by atoms with Gasteiger partial charge in [-0.1, -0.05) is 36.4 Å². The van der Waals surface area contributed by atoms with Gasteiger partial charge in [-0.05, 0) is 18.2 Å². The summed E-state index contributed by atoms with van der Waals surface area (Å²) in [5.41, 5.74) is 2.00. The molecule has 0 bridgehead atoms. The number of carbonyl (C=O) groups excluding carboxylic acids is 1. The molecule has 1 aliphatic rings. The summed E-state index contributed by atoms with van der Waals surface area (Å²) in [6.07, 6.45) is 0.537. The van der Waals surface area contributed by atoms with Gasteiger partial charge in [0.25, 0.3) is 0 Å². The largest absolute Gasteiger partial charge is 0.496 e. The molecule has 0 N–H and O–H groups in total. The summed E-state index contributed by atoms with van der Waals surface area (Å²) in [7, 11) is 1.66. The lowest BCUT2D eigenvalue weighted by atomic mass is 9.92. The second-order valence-corrected chi connectivity index (χ2v) is 4.56. The van der Waals surface area contributed by atoms with Crippen molar-refractivity contribution in [2.75, 3.05) is 12.0 Å². The summed E-state index contributed by atoms with van der Waals surface area (Å²) in [5.74, 6) is 0.989. The van der Waals surface area contributed by atoms with Crippen LogP contribution in [0.2, 0.25) is 0 Å². The van der Waals surface area contributed by atoms with Gasteiger partial charge in [-0.3, -0.25) is 4.79 Å². The molecule has 2 aromatic carbocycles. The molecule has 1 amide bonds. The van der Waals surface area contributed by atoms with Crippen LogP contribution in [-0.4, -0.2) is 13.0 Å². The van der Waals surface area contributed by atoms with Crippen molar-refractivity contribution < 1.29 is 9.53 Å². The maximum Gasteiger partial charge on any atom is 0.230 e. The van der Waals surface area contributed by atoms with E-state index in [1.54, 1.807) is 7.11 Å². The van der Waals surface area contributed by atoms with Gasteiger partial charge in [-0.2, -0.15) is 0 Å². The van der Waals surface area contributed by atoms with Gasteiger partial charge in [0.05, 0.1) is 19.6 Å². The molecular weight excluding hydrogens is 238 g/mol. The highest BCUT2D eigenvalue weighted by Crippen LogP contribution is 2.41. The maximum absolute atomic E-state index is 11.9. The maximum atomic E-state index is 11.9. The Morgan fingerprint density at radius 2 is 1.74 bits per heavy atom. The van der Waals surface area contributed by atoms with E-state index in [9.17, 15) is 4.79 Å². The molecule has 3 rings (SSSR count). The number of β-lactam (4-membered cyclic amide) rings is 1. The molecule has 0 saturated carbocycles. The van der Waals surface area contributed by atoms with Crippen LogP contribution < -0.4 is 9.64 Å². The predicted molar refractivity (Wildman–Crippen MR) is 74.3 cm³/mol. The number of benzene rings is 2. The second kappa shape index (κ2) is 4.76. The molecule has 1 fully saturated rings. The monoisotopic (exact) mass is 253 g/mol. The van der Waals surface area contributed by atoms with Crippen molar-refractivity contribution >= 4 is 11.6 Å². The van der Waals surface area contributed by atoms with Crippen LogP contribution in [0.25, 0.3) is 0 Å². The van der Waals surface area contributed by atoms with Crippen molar-refractivity contribution in [1.29, 1.82) is 0 Å². The average Bonchev–Trinajstić information content (AvgIpc) is 2.45. The van der Waals surface area contributed by atoms with Gasteiger partial charge < -0.3 is 9.64 Å². The number of nitrogens with zero attached hydrogens (tertiary/aromatic N) is 1. The third-order valence-electron chi connectivity index (χ3n) is 3.48. The van der Waals surface area contributed by atoms with Gasteiger partial charge in [-0.15, -0.1) is 0 Å². The normalized spacial score (nSPS) is 18.1. The molecule has 2 aromatic rings. The van der Waals surface area contributed by atoms with E-state index in [4.69, 9.17) is 4.74 Å². The Bertz CT molecular complexity index is 595. The van der Waals surface area contributed by atoms with E-state index in [1.165, 1.54) is 0 Å². The minimum Gasteiger partial charge on any atom is -0.496 e. The lowest BCUT2D eigenvalue weighted by Crippen LogP contribution is -2.46. The Labute approximate surface area is 112 Å². The lowest BCUT2D eigenvalue weighted by Gasteiger charge is -2.41. The zero-order chi connectivity index (χ0) is 13.2. The van der Waals surface area contributed by atoms with Crippen LogP contribution in [0, 0.1) is 0 Å². The second-order valence-electron chi connectivity index (χ2n) is 4.56. The third-order valence-corrected chi connectivity index (χ3v) is 3.48. The van der Waals surface area contributed by atoms with Gasteiger partial charge in [0.15, 0.2) is 0 Å². The quantitative estimate of drug-likeness (QED) is 0.786. The zero-order valence-electron chi connectivity index (χ0n) is 10.7. The first-order valence-corrected chi connectivity index (χ1v) is 6.31. The molecule has 0 aliphatic carbocycles. The molecule has 1 heterocycles. The SMILES string of the molecule is COc1ccccc1C1CC(=O)N1c1ccccc1. The van der Waals surface area contributed by atoms with Crippen LogP contribution in [0.4, 0.5) is 5.69 Å². The van der Waals surface area contributed by atoms with Crippen molar-refractivity contribution in [2.24, 2.45) is 0 Å². The van der Waals surface area contributed by atoms with Crippen LogP contribution in [0.1, 0.15) is 18.0 Å². The van der Waals surface area contributed by atoms with Gasteiger partial charge >= 0.3 is 0 Å². The smallest absolute Gasteiger partial charge is 0.230 e. The molecule has 1 aliphatic heterocycles. The molecule has 3 nitrogen and oxygen atoms in total. The number of ether oxygens (including phenoxy) is 1. The van der Waals surface area contributed by atoms with Crippen LogP contribution in [0.15, 0.2) is 54.6 Å². The van der Waals surface area contributed by atoms with E-state index in [0.717, 1.165) is 17.0 Å². The van der Waals surface area contributed by atoms with Crippen molar-refractivity contribution in [2.45, 2.75) is 12.5 Å². The van der Waals surface area contributed by atoms with E-state index in [0.29, 0.717) is 6.42 Å². The van der Waals surface area contributed by atoms with Crippen molar-refractivity contribution in [3.8, 4) is 5.75 Å².